The quantitative estimate of drug-likeness (QED) is 0.456. The summed E-state index contributed by atoms with van der Waals surface area (Å²) in [6, 6.07) is 9.32. The van der Waals surface area contributed by atoms with Crippen molar-refractivity contribution in [3.8, 4) is 5.75 Å². The van der Waals surface area contributed by atoms with Crippen LogP contribution in [-0.4, -0.2) is 5.11 Å². The smallest absolute Gasteiger partial charge is 0.200 e. The van der Waals surface area contributed by atoms with Crippen molar-refractivity contribution < 1.29 is 9.52 Å². The molecule has 0 saturated carbocycles. The largest absolute Gasteiger partial charge is 0.508 e. The van der Waals surface area contributed by atoms with E-state index in [9.17, 15) is 9.90 Å². The molecule has 4 nitrogen and oxygen atoms in total. The van der Waals surface area contributed by atoms with Gasteiger partial charge in [0.2, 0.25) is 5.43 Å². The van der Waals surface area contributed by atoms with E-state index in [0.29, 0.717) is 27.6 Å². The Morgan fingerprint density at radius 2 is 1.65 bits per heavy atom. The van der Waals surface area contributed by atoms with Crippen LogP contribution in [-0.2, 0) is 0 Å². The fraction of sp³-hybridized carbons (Fsp3) is 0. The van der Waals surface area contributed by atoms with Gasteiger partial charge in [0, 0.05) is 17.8 Å². The van der Waals surface area contributed by atoms with Gasteiger partial charge in [0.25, 0.3) is 0 Å². The van der Waals surface area contributed by atoms with Crippen molar-refractivity contribution in [2.45, 2.75) is 0 Å². The normalized spacial score (nSPS) is 11.1. The summed E-state index contributed by atoms with van der Waals surface area (Å²) in [5.41, 5.74) is 6.82. The van der Waals surface area contributed by atoms with E-state index in [0.717, 1.165) is 0 Å². The highest BCUT2D eigenvalue weighted by Gasteiger charge is 2.08. The molecule has 0 fully saturated rings. The van der Waals surface area contributed by atoms with E-state index >= 15 is 0 Å². The van der Waals surface area contributed by atoms with Crippen molar-refractivity contribution in [1.29, 1.82) is 0 Å². The average Bonchev–Trinajstić information content (AvgIpc) is 2.28. The van der Waals surface area contributed by atoms with Gasteiger partial charge in [-0.2, -0.15) is 0 Å². The predicted molar refractivity (Wildman–Crippen MR) is 66.1 cm³/mol. The van der Waals surface area contributed by atoms with E-state index < -0.39 is 0 Å². The van der Waals surface area contributed by atoms with Gasteiger partial charge in [-0.25, -0.2) is 0 Å². The number of anilines is 1. The van der Waals surface area contributed by atoms with Crippen molar-refractivity contribution in [1.82, 2.24) is 0 Å². The predicted octanol–water partition coefficient (Wildman–Crippen LogP) is 2.23. The van der Waals surface area contributed by atoms with Crippen molar-refractivity contribution >= 4 is 27.6 Å². The molecule has 0 spiro atoms. The maximum Gasteiger partial charge on any atom is 0.200 e. The Bertz CT molecular complexity index is 727. The first-order valence-electron chi connectivity index (χ1n) is 5.10. The van der Waals surface area contributed by atoms with Crippen molar-refractivity contribution in [3.63, 3.8) is 0 Å². The first kappa shape index (κ1) is 9.72. The summed E-state index contributed by atoms with van der Waals surface area (Å²) in [7, 11) is 0. The fourth-order valence-corrected chi connectivity index (χ4v) is 1.86. The van der Waals surface area contributed by atoms with Crippen LogP contribution in [0.25, 0.3) is 21.9 Å². The van der Waals surface area contributed by atoms with Crippen LogP contribution in [0.1, 0.15) is 0 Å². The summed E-state index contributed by atoms with van der Waals surface area (Å²) in [6.07, 6.45) is 0. The van der Waals surface area contributed by atoms with Gasteiger partial charge < -0.3 is 15.3 Å². The van der Waals surface area contributed by atoms with Crippen LogP contribution in [0.15, 0.2) is 45.6 Å². The van der Waals surface area contributed by atoms with E-state index in [4.69, 9.17) is 10.2 Å². The average molecular weight is 227 g/mol. The topological polar surface area (TPSA) is 76.5 Å². The van der Waals surface area contributed by atoms with Crippen LogP contribution in [0.5, 0.6) is 5.75 Å². The van der Waals surface area contributed by atoms with Crippen LogP contribution in [0, 0.1) is 0 Å². The Morgan fingerprint density at radius 1 is 1.00 bits per heavy atom. The van der Waals surface area contributed by atoms with Crippen LogP contribution in [0.4, 0.5) is 5.69 Å². The molecular weight excluding hydrogens is 218 g/mol. The Morgan fingerprint density at radius 3 is 2.41 bits per heavy atom. The lowest BCUT2D eigenvalue weighted by molar-refractivity contribution is 0.474. The lowest BCUT2D eigenvalue weighted by atomic mass is 10.1. The third kappa shape index (κ3) is 1.42. The summed E-state index contributed by atoms with van der Waals surface area (Å²) in [6.45, 7) is 0. The summed E-state index contributed by atoms with van der Waals surface area (Å²) in [4.78, 5) is 12.1. The molecule has 2 aromatic carbocycles. The molecule has 17 heavy (non-hydrogen) atoms. The maximum absolute atomic E-state index is 12.1. The molecule has 0 amide bonds. The van der Waals surface area contributed by atoms with Gasteiger partial charge in [0.05, 0.1) is 10.8 Å². The van der Waals surface area contributed by atoms with Crippen LogP contribution in [0.2, 0.25) is 0 Å². The Hall–Kier alpha value is -2.49. The number of phenolic OH excluding ortho intramolecular Hbond substituents is 1. The van der Waals surface area contributed by atoms with Crippen molar-refractivity contribution in [3.05, 3.63) is 46.6 Å². The maximum atomic E-state index is 12.1. The molecular formula is C13H9NO3. The molecule has 0 atom stereocenters. The van der Waals surface area contributed by atoms with Gasteiger partial charge in [-0.15, -0.1) is 0 Å². The van der Waals surface area contributed by atoms with Crippen molar-refractivity contribution in [2.24, 2.45) is 0 Å². The number of aromatic hydroxyl groups is 1. The van der Waals surface area contributed by atoms with Gasteiger partial charge >= 0.3 is 0 Å². The fourth-order valence-electron chi connectivity index (χ4n) is 1.86. The van der Waals surface area contributed by atoms with E-state index in [1.165, 1.54) is 12.1 Å². The Balaban J connectivity index is 2.57. The molecule has 0 radical (unpaired) electrons. The van der Waals surface area contributed by atoms with E-state index in [-0.39, 0.29) is 11.2 Å². The van der Waals surface area contributed by atoms with Gasteiger partial charge in [-0.05, 0) is 24.3 Å². The molecule has 84 valence electrons. The second-order valence-corrected chi connectivity index (χ2v) is 3.87. The highest BCUT2D eigenvalue weighted by molar-refractivity contribution is 5.91. The molecule has 0 bridgehead atoms. The number of benzene rings is 2. The molecule has 0 aliphatic heterocycles. The minimum atomic E-state index is -0.124. The van der Waals surface area contributed by atoms with E-state index in [2.05, 4.69) is 0 Å². The standard InChI is InChI=1S/C13H9NO3/c14-7-1-3-9-11(5-7)17-12-6-8(15)2-4-10(12)13(9)16/h1-6,15H,14H2. The summed E-state index contributed by atoms with van der Waals surface area (Å²) >= 11 is 0. The molecule has 1 heterocycles. The minimum Gasteiger partial charge on any atom is -0.508 e. The monoisotopic (exact) mass is 227 g/mol. The molecule has 0 aliphatic carbocycles. The number of fused-ring (bicyclic) bond motifs is 2. The zero-order valence-corrected chi connectivity index (χ0v) is 8.81. The summed E-state index contributed by atoms with van der Waals surface area (Å²) < 4.78 is 5.55. The molecule has 0 aliphatic rings. The minimum absolute atomic E-state index is 0.0592. The van der Waals surface area contributed by atoms with E-state index in [1.54, 1.807) is 24.3 Å². The number of hydrogen-bond acceptors (Lipinski definition) is 4. The third-order valence-corrected chi connectivity index (χ3v) is 2.68. The lowest BCUT2D eigenvalue weighted by Crippen LogP contribution is -2.02. The molecule has 3 aromatic rings. The SMILES string of the molecule is Nc1ccc2c(=O)c3ccc(O)cc3oc2c1. The first-order valence-corrected chi connectivity index (χ1v) is 5.10. The number of nitrogens with two attached hydrogens (primary N) is 1. The zero-order chi connectivity index (χ0) is 12.0. The van der Waals surface area contributed by atoms with Crippen LogP contribution >= 0.6 is 0 Å². The number of phenols is 1. The van der Waals surface area contributed by atoms with Gasteiger partial charge in [0.1, 0.15) is 16.9 Å². The summed E-state index contributed by atoms with van der Waals surface area (Å²) in [5, 5.41) is 10.3. The van der Waals surface area contributed by atoms with Gasteiger partial charge in [-0.1, -0.05) is 0 Å². The molecule has 3 rings (SSSR count). The summed E-state index contributed by atoms with van der Waals surface area (Å²) in [5.74, 6) is 0.0592. The van der Waals surface area contributed by atoms with Crippen molar-refractivity contribution in [2.75, 3.05) is 5.73 Å². The number of rotatable bonds is 0. The second kappa shape index (κ2) is 3.25. The molecule has 3 N–H and O–H groups in total. The lowest BCUT2D eigenvalue weighted by Gasteiger charge is -2.02. The van der Waals surface area contributed by atoms with Gasteiger partial charge in [0.15, 0.2) is 0 Å². The number of hydrogen-bond donors (Lipinski definition) is 2. The number of nitrogen functional groups attached to an aromatic ring is 1. The Labute approximate surface area is 95.9 Å². The first-order chi connectivity index (χ1) is 8.15. The highest BCUT2D eigenvalue weighted by Crippen LogP contribution is 2.23. The van der Waals surface area contributed by atoms with Crippen LogP contribution < -0.4 is 11.2 Å². The molecule has 1 aromatic heterocycles. The third-order valence-electron chi connectivity index (χ3n) is 2.68. The molecule has 4 heteroatoms. The molecule has 0 unspecified atom stereocenters. The second-order valence-electron chi connectivity index (χ2n) is 3.87. The van der Waals surface area contributed by atoms with Gasteiger partial charge in [-0.3, -0.25) is 4.79 Å². The Kier molecular flexibility index (Phi) is 1.86. The van der Waals surface area contributed by atoms with E-state index in [1.807, 2.05) is 0 Å². The molecule has 0 saturated heterocycles. The zero-order valence-electron chi connectivity index (χ0n) is 8.81. The highest BCUT2D eigenvalue weighted by atomic mass is 16.3. The van der Waals surface area contributed by atoms with Crippen LogP contribution in [0.3, 0.4) is 0 Å².